The van der Waals surface area contributed by atoms with Crippen molar-refractivity contribution in [1.29, 1.82) is 0 Å². The van der Waals surface area contributed by atoms with Gasteiger partial charge in [0.15, 0.2) is 0 Å². The van der Waals surface area contributed by atoms with E-state index in [-0.39, 0.29) is 6.54 Å². The minimum absolute atomic E-state index is 0.264. The lowest BCUT2D eigenvalue weighted by Gasteiger charge is -2.38. The van der Waals surface area contributed by atoms with Gasteiger partial charge < -0.3 is 14.4 Å². The lowest BCUT2D eigenvalue weighted by molar-refractivity contribution is 0.00597. The molecular weight excluding hydrogens is 184 g/mol. The van der Waals surface area contributed by atoms with Gasteiger partial charge in [-0.15, -0.1) is 0 Å². The summed E-state index contributed by atoms with van der Waals surface area (Å²) in [5, 5.41) is 2.73. The maximum Gasteiger partial charge on any atom is 0.104 e. The molecule has 1 fully saturated rings. The second-order valence-corrected chi connectivity index (χ2v) is 3.55. The molecular formula is C9H18N2O3. The van der Waals surface area contributed by atoms with Crippen molar-refractivity contribution in [3.8, 4) is 0 Å². The average molecular weight is 202 g/mol. The molecule has 0 radical (unpaired) electrons. The van der Waals surface area contributed by atoms with Crippen LogP contribution in [0.15, 0.2) is 5.18 Å². The number of rotatable bonds is 8. The van der Waals surface area contributed by atoms with Gasteiger partial charge in [0.1, 0.15) is 6.54 Å². The Morgan fingerprint density at radius 1 is 1.43 bits per heavy atom. The van der Waals surface area contributed by atoms with Crippen molar-refractivity contribution in [3.05, 3.63) is 4.91 Å². The highest BCUT2D eigenvalue weighted by Gasteiger charge is 2.25. The molecule has 0 aromatic heterocycles. The molecule has 0 aromatic rings. The van der Waals surface area contributed by atoms with Gasteiger partial charge in [0.25, 0.3) is 0 Å². The molecule has 1 aliphatic heterocycles. The predicted octanol–water partition coefficient (Wildman–Crippen LogP) is 0.348. The van der Waals surface area contributed by atoms with E-state index in [0.717, 1.165) is 32.8 Å². The minimum atomic E-state index is 0.264. The number of nitrogens with zero attached hydrogens (tertiary/aromatic N) is 2. The summed E-state index contributed by atoms with van der Waals surface area (Å²) >= 11 is 0. The van der Waals surface area contributed by atoms with E-state index in [1.807, 2.05) is 0 Å². The highest BCUT2D eigenvalue weighted by atomic mass is 16.5. The molecule has 82 valence electrons. The van der Waals surface area contributed by atoms with Crippen molar-refractivity contribution < 1.29 is 9.47 Å². The maximum atomic E-state index is 9.75. The summed E-state index contributed by atoms with van der Waals surface area (Å²) in [6.07, 6.45) is 0. The van der Waals surface area contributed by atoms with Gasteiger partial charge in [0, 0.05) is 32.7 Å². The number of ether oxygens (including phenoxy) is 2. The predicted molar refractivity (Wildman–Crippen MR) is 53.3 cm³/mol. The SMILES string of the molecule is COCCN1CC(COCCN=O)C1. The Morgan fingerprint density at radius 2 is 2.21 bits per heavy atom. The summed E-state index contributed by atoms with van der Waals surface area (Å²) in [5.41, 5.74) is 0. The van der Waals surface area contributed by atoms with E-state index in [1.54, 1.807) is 7.11 Å². The molecule has 1 saturated heterocycles. The molecule has 0 aliphatic carbocycles. The van der Waals surface area contributed by atoms with E-state index < -0.39 is 0 Å². The highest BCUT2D eigenvalue weighted by molar-refractivity contribution is 4.79. The van der Waals surface area contributed by atoms with Crippen molar-refractivity contribution in [2.45, 2.75) is 0 Å². The third-order valence-corrected chi connectivity index (χ3v) is 2.32. The van der Waals surface area contributed by atoms with Crippen molar-refractivity contribution in [3.63, 3.8) is 0 Å². The van der Waals surface area contributed by atoms with Gasteiger partial charge in [-0.2, -0.15) is 4.91 Å². The van der Waals surface area contributed by atoms with Crippen molar-refractivity contribution in [2.75, 3.05) is 53.1 Å². The van der Waals surface area contributed by atoms with Gasteiger partial charge in [-0.25, -0.2) is 0 Å². The smallest absolute Gasteiger partial charge is 0.104 e. The van der Waals surface area contributed by atoms with Crippen LogP contribution < -0.4 is 0 Å². The third kappa shape index (κ3) is 4.13. The quantitative estimate of drug-likeness (QED) is 0.421. The lowest BCUT2D eigenvalue weighted by atomic mass is 10.0. The van der Waals surface area contributed by atoms with Crippen LogP contribution in [-0.2, 0) is 9.47 Å². The van der Waals surface area contributed by atoms with E-state index in [0.29, 0.717) is 12.5 Å². The molecule has 0 spiro atoms. The zero-order chi connectivity index (χ0) is 10.2. The Kier molecular flexibility index (Phi) is 5.66. The Hall–Kier alpha value is -0.520. The molecule has 0 amide bonds. The molecule has 5 nitrogen and oxygen atoms in total. The summed E-state index contributed by atoms with van der Waals surface area (Å²) in [5.74, 6) is 0.624. The molecule has 1 heterocycles. The van der Waals surface area contributed by atoms with Gasteiger partial charge in [-0.3, -0.25) is 0 Å². The second kappa shape index (κ2) is 6.86. The zero-order valence-corrected chi connectivity index (χ0v) is 8.65. The Balaban J connectivity index is 1.86. The number of nitroso groups, excluding NO2 is 1. The van der Waals surface area contributed by atoms with Gasteiger partial charge in [-0.1, -0.05) is 5.18 Å². The number of hydrogen-bond acceptors (Lipinski definition) is 5. The van der Waals surface area contributed by atoms with Gasteiger partial charge in [0.05, 0.1) is 19.8 Å². The monoisotopic (exact) mass is 202 g/mol. The minimum Gasteiger partial charge on any atom is -0.383 e. The average Bonchev–Trinajstić information content (AvgIpc) is 2.14. The molecule has 14 heavy (non-hydrogen) atoms. The normalized spacial score (nSPS) is 18.1. The molecule has 1 aliphatic rings. The fourth-order valence-electron chi connectivity index (χ4n) is 1.54. The summed E-state index contributed by atoms with van der Waals surface area (Å²) in [6.45, 7) is 5.43. The van der Waals surface area contributed by atoms with Crippen LogP contribution in [-0.4, -0.2) is 58.0 Å². The molecule has 0 saturated carbocycles. The topological polar surface area (TPSA) is 51.1 Å². The number of hydrogen-bond donors (Lipinski definition) is 0. The summed E-state index contributed by atoms with van der Waals surface area (Å²) in [4.78, 5) is 12.1. The van der Waals surface area contributed by atoms with Crippen molar-refractivity contribution in [2.24, 2.45) is 11.1 Å². The molecule has 5 heteroatoms. The van der Waals surface area contributed by atoms with Crippen molar-refractivity contribution >= 4 is 0 Å². The number of likely N-dealkylation sites (tertiary alicyclic amines) is 1. The van der Waals surface area contributed by atoms with Crippen LogP contribution in [0.3, 0.4) is 0 Å². The number of methoxy groups -OCH3 is 1. The van der Waals surface area contributed by atoms with Crippen molar-refractivity contribution in [1.82, 2.24) is 4.90 Å². The van der Waals surface area contributed by atoms with Crippen LogP contribution in [0.4, 0.5) is 0 Å². The first kappa shape index (κ1) is 11.6. The summed E-state index contributed by atoms with van der Waals surface area (Å²) < 4.78 is 10.3. The van der Waals surface area contributed by atoms with Gasteiger partial charge in [-0.05, 0) is 0 Å². The molecule has 0 aromatic carbocycles. The van der Waals surface area contributed by atoms with Gasteiger partial charge in [0.2, 0.25) is 0 Å². The first-order chi connectivity index (χ1) is 6.86. The largest absolute Gasteiger partial charge is 0.383 e. The summed E-state index contributed by atoms with van der Waals surface area (Å²) in [6, 6.07) is 0. The van der Waals surface area contributed by atoms with E-state index >= 15 is 0 Å². The molecule has 0 N–H and O–H groups in total. The first-order valence-electron chi connectivity index (χ1n) is 4.95. The van der Waals surface area contributed by atoms with Crippen LogP contribution in [0.5, 0.6) is 0 Å². The molecule has 0 unspecified atom stereocenters. The Bertz CT molecular complexity index is 160. The van der Waals surface area contributed by atoms with Gasteiger partial charge >= 0.3 is 0 Å². The second-order valence-electron chi connectivity index (χ2n) is 3.55. The highest BCUT2D eigenvalue weighted by Crippen LogP contribution is 2.14. The van der Waals surface area contributed by atoms with Crippen LogP contribution in [0.1, 0.15) is 0 Å². The van der Waals surface area contributed by atoms with Crippen LogP contribution in [0.2, 0.25) is 0 Å². The summed E-state index contributed by atoms with van der Waals surface area (Å²) in [7, 11) is 1.72. The molecule has 0 bridgehead atoms. The fraction of sp³-hybridized carbons (Fsp3) is 1.00. The fourth-order valence-corrected chi connectivity index (χ4v) is 1.54. The molecule has 1 rings (SSSR count). The zero-order valence-electron chi connectivity index (χ0n) is 8.65. The van der Waals surface area contributed by atoms with Crippen LogP contribution in [0.25, 0.3) is 0 Å². The first-order valence-corrected chi connectivity index (χ1v) is 4.95. The Labute approximate surface area is 84.3 Å². The van der Waals surface area contributed by atoms with Crippen LogP contribution in [0, 0.1) is 10.8 Å². The lowest BCUT2D eigenvalue weighted by Crippen LogP contribution is -2.49. The standard InChI is InChI=1S/C9H18N2O3/c1-13-5-3-11-6-9(7-11)8-14-4-2-10-12/h9H,2-8H2,1H3. The van der Waals surface area contributed by atoms with E-state index in [4.69, 9.17) is 9.47 Å². The Morgan fingerprint density at radius 3 is 2.86 bits per heavy atom. The maximum absolute atomic E-state index is 9.75. The molecule has 0 atom stereocenters. The van der Waals surface area contributed by atoms with E-state index in [2.05, 4.69) is 10.1 Å². The van der Waals surface area contributed by atoms with E-state index in [9.17, 15) is 4.91 Å². The van der Waals surface area contributed by atoms with E-state index in [1.165, 1.54) is 0 Å². The van der Waals surface area contributed by atoms with Crippen LogP contribution >= 0.6 is 0 Å². The third-order valence-electron chi connectivity index (χ3n) is 2.32.